The lowest BCUT2D eigenvalue weighted by Crippen LogP contribution is -2.06. The molecule has 0 unspecified atom stereocenters. The fourth-order valence-electron chi connectivity index (χ4n) is 1.37. The molecule has 1 heterocycles. The van der Waals surface area contributed by atoms with E-state index in [1.807, 2.05) is 0 Å². The van der Waals surface area contributed by atoms with Crippen molar-refractivity contribution in [3.8, 4) is 0 Å². The molecule has 0 saturated heterocycles. The van der Waals surface area contributed by atoms with Crippen LogP contribution in [0.3, 0.4) is 0 Å². The second-order valence-corrected chi connectivity index (χ2v) is 4.56. The SMILES string of the molecule is Nc1cc(C(F)(F)F)ccc1SCn1cccn1. The molecule has 0 amide bonds. The Hall–Kier alpha value is -1.63. The second kappa shape index (κ2) is 4.93. The number of thioether (sulfide) groups is 1. The van der Waals surface area contributed by atoms with E-state index in [0.717, 1.165) is 12.1 Å². The Morgan fingerprint density at radius 2 is 2.11 bits per heavy atom. The number of hydrogen-bond acceptors (Lipinski definition) is 3. The molecule has 2 rings (SSSR count). The summed E-state index contributed by atoms with van der Waals surface area (Å²) in [5.74, 6) is 0.503. The summed E-state index contributed by atoms with van der Waals surface area (Å²) in [5.41, 5.74) is 5.00. The number of nitrogens with two attached hydrogens (primary N) is 1. The van der Waals surface area contributed by atoms with Crippen LogP contribution >= 0.6 is 11.8 Å². The first-order valence-electron chi connectivity index (χ1n) is 5.04. The molecule has 1 aromatic carbocycles. The largest absolute Gasteiger partial charge is 0.416 e. The van der Waals surface area contributed by atoms with Crippen LogP contribution in [-0.2, 0) is 12.1 Å². The zero-order valence-electron chi connectivity index (χ0n) is 9.19. The molecule has 0 aliphatic heterocycles. The Morgan fingerprint density at radius 3 is 2.67 bits per heavy atom. The molecule has 0 atom stereocenters. The monoisotopic (exact) mass is 273 g/mol. The smallest absolute Gasteiger partial charge is 0.398 e. The van der Waals surface area contributed by atoms with Gasteiger partial charge in [0.2, 0.25) is 0 Å². The summed E-state index contributed by atoms with van der Waals surface area (Å²) < 4.78 is 39.0. The van der Waals surface area contributed by atoms with E-state index >= 15 is 0 Å². The highest BCUT2D eigenvalue weighted by molar-refractivity contribution is 7.98. The van der Waals surface area contributed by atoms with E-state index in [9.17, 15) is 13.2 Å². The van der Waals surface area contributed by atoms with E-state index in [4.69, 9.17) is 5.73 Å². The number of hydrogen-bond donors (Lipinski definition) is 1. The van der Waals surface area contributed by atoms with Gasteiger partial charge in [-0.25, -0.2) is 0 Å². The third kappa shape index (κ3) is 2.98. The first-order valence-corrected chi connectivity index (χ1v) is 6.02. The summed E-state index contributed by atoms with van der Waals surface area (Å²) in [6, 6.07) is 5.14. The van der Waals surface area contributed by atoms with Gasteiger partial charge in [-0.2, -0.15) is 18.3 Å². The zero-order valence-corrected chi connectivity index (χ0v) is 10.0. The third-order valence-electron chi connectivity index (χ3n) is 2.25. The molecular formula is C11H10F3N3S. The topological polar surface area (TPSA) is 43.8 Å². The zero-order chi connectivity index (χ0) is 13.2. The first-order chi connectivity index (χ1) is 8.47. The van der Waals surface area contributed by atoms with Gasteiger partial charge in [0.1, 0.15) is 0 Å². The van der Waals surface area contributed by atoms with E-state index < -0.39 is 11.7 Å². The molecule has 3 nitrogen and oxygen atoms in total. The van der Waals surface area contributed by atoms with Crippen LogP contribution in [0, 0.1) is 0 Å². The summed E-state index contributed by atoms with van der Waals surface area (Å²) in [5, 5.41) is 3.99. The Kier molecular flexibility index (Phi) is 3.51. The molecule has 0 aliphatic carbocycles. The van der Waals surface area contributed by atoms with Crippen molar-refractivity contribution in [1.29, 1.82) is 0 Å². The van der Waals surface area contributed by atoms with E-state index in [-0.39, 0.29) is 5.69 Å². The highest BCUT2D eigenvalue weighted by atomic mass is 32.2. The molecule has 0 aliphatic rings. The van der Waals surface area contributed by atoms with Crippen molar-refractivity contribution < 1.29 is 13.2 Å². The van der Waals surface area contributed by atoms with Crippen molar-refractivity contribution >= 4 is 17.4 Å². The van der Waals surface area contributed by atoms with E-state index in [1.165, 1.54) is 17.8 Å². The first kappa shape index (κ1) is 12.8. The van der Waals surface area contributed by atoms with Crippen molar-refractivity contribution in [1.82, 2.24) is 9.78 Å². The number of alkyl halides is 3. The third-order valence-corrected chi connectivity index (χ3v) is 3.33. The van der Waals surface area contributed by atoms with Crippen molar-refractivity contribution in [3.05, 3.63) is 42.2 Å². The Balaban J connectivity index is 2.10. The van der Waals surface area contributed by atoms with Gasteiger partial charge >= 0.3 is 6.18 Å². The lowest BCUT2D eigenvalue weighted by atomic mass is 10.2. The van der Waals surface area contributed by atoms with Crippen LogP contribution in [0.5, 0.6) is 0 Å². The highest BCUT2D eigenvalue weighted by Crippen LogP contribution is 2.34. The van der Waals surface area contributed by atoms with Gasteiger partial charge in [-0.1, -0.05) is 0 Å². The normalized spacial score (nSPS) is 11.7. The van der Waals surface area contributed by atoms with Gasteiger partial charge in [0.05, 0.1) is 11.4 Å². The Morgan fingerprint density at radius 1 is 1.33 bits per heavy atom. The molecule has 0 spiro atoms. The van der Waals surface area contributed by atoms with E-state index in [2.05, 4.69) is 5.10 Å². The average molecular weight is 273 g/mol. The Labute approximate surface area is 106 Å². The number of benzene rings is 1. The number of halogens is 3. The van der Waals surface area contributed by atoms with Crippen molar-refractivity contribution in [3.63, 3.8) is 0 Å². The van der Waals surface area contributed by atoms with Crippen LogP contribution in [0.25, 0.3) is 0 Å². The number of nitrogens with zero attached hydrogens (tertiary/aromatic N) is 2. The summed E-state index contributed by atoms with van der Waals surface area (Å²) in [6.45, 7) is 0. The summed E-state index contributed by atoms with van der Waals surface area (Å²) in [6.07, 6.45) is -0.955. The quantitative estimate of drug-likeness (QED) is 0.689. The van der Waals surface area contributed by atoms with Gasteiger partial charge in [0, 0.05) is 23.0 Å². The van der Waals surface area contributed by atoms with Gasteiger partial charge in [0.15, 0.2) is 0 Å². The van der Waals surface area contributed by atoms with Gasteiger partial charge in [-0.15, -0.1) is 11.8 Å². The summed E-state index contributed by atoms with van der Waals surface area (Å²) in [4.78, 5) is 0.610. The molecular weight excluding hydrogens is 263 g/mol. The molecule has 7 heteroatoms. The molecule has 96 valence electrons. The average Bonchev–Trinajstić information content (AvgIpc) is 2.79. The molecule has 18 heavy (non-hydrogen) atoms. The van der Waals surface area contributed by atoms with Crippen LogP contribution < -0.4 is 5.73 Å². The lowest BCUT2D eigenvalue weighted by molar-refractivity contribution is -0.137. The molecule has 2 N–H and O–H groups in total. The minimum absolute atomic E-state index is 0.127. The molecule has 2 aromatic rings. The van der Waals surface area contributed by atoms with Gasteiger partial charge in [-0.3, -0.25) is 4.68 Å². The second-order valence-electron chi connectivity index (χ2n) is 3.57. The maximum atomic E-state index is 12.4. The molecule has 0 saturated carbocycles. The van der Waals surface area contributed by atoms with Crippen LogP contribution in [-0.4, -0.2) is 9.78 Å². The maximum absolute atomic E-state index is 12.4. The van der Waals surface area contributed by atoms with Crippen LogP contribution in [0.4, 0.5) is 18.9 Å². The Bertz CT molecular complexity index is 523. The number of aromatic nitrogens is 2. The van der Waals surface area contributed by atoms with Crippen LogP contribution in [0.2, 0.25) is 0 Å². The van der Waals surface area contributed by atoms with Gasteiger partial charge < -0.3 is 5.73 Å². The number of anilines is 1. The fraction of sp³-hybridized carbons (Fsp3) is 0.182. The van der Waals surface area contributed by atoms with E-state index in [0.29, 0.717) is 10.8 Å². The molecule has 0 bridgehead atoms. The molecule has 1 aromatic heterocycles. The standard InChI is InChI=1S/C11H10F3N3S/c12-11(13,14)8-2-3-10(9(15)6-8)18-7-17-5-1-4-16-17/h1-6H,7,15H2. The van der Waals surface area contributed by atoms with Gasteiger partial charge in [0.25, 0.3) is 0 Å². The maximum Gasteiger partial charge on any atom is 0.416 e. The number of nitrogen functional groups attached to an aromatic ring is 1. The van der Waals surface area contributed by atoms with Crippen LogP contribution in [0.15, 0.2) is 41.6 Å². The predicted molar refractivity (Wildman–Crippen MR) is 63.9 cm³/mol. The lowest BCUT2D eigenvalue weighted by Gasteiger charge is -2.10. The van der Waals surface area contributed by atoms with Crippen molar-refractivity contribution in [2.24, 2.45) is 0 Å². The molecule has 0 fully saturated rings. The molecule has 0 radical (unpaired) electrons. The highest BCUT2D eigenvalue weighted by Gasteiger charge is 2.30. The van der Waals surface area contributed by atoms with E-state index in [1.54, 1.807) is 23.1 Å². The van der Waals surface area contributed by atoms with Crippen molar-refractivity contribution in [2.45, 2.75) is 16.9 Å². The minimum atomic E-state index is -4.36. The van der Waals surface area contributed by atoms with Crippen molar-refractivity contribution in [2.75, 3.05) is 5.73 Å². The number of rotatable bonds is 3. The minimum Gasteiger partial charge on any atom is -0.398 e. The fourth-order valence-corrected chi connectivity index (χ4v) is 2.18. The van der Waals surface area contributed by atoms with Crippen LogP contribution in [0.1, 0.15) is 5.56 Å². The van der Waals surface area contributed by atoms with Gasteiger partial charge in [-0.05, 0) is 24.3 Å². The summed E-state index contributed by atoms with van der Waals surface area (Å²) >= 11 is 1.33. The summed E-state index contributed by atoms with van der Waals surface area (Å²) in [7, 11) is 0. The predicted octanol–water partition coefficient (Wildman–Crippen LogP) is 3.23.